The van der Waals surface area contributed by atoms with Crippen LogP contribution in [0.5, 0.6) is 0 Å². The third-order valence-corrected chi connectivity index (χ3v) is 3.92. The van der Waals surface area contributed by atoms with Gasteiger partial charge in [0.2, 0.25) is 0 Å². The Bertz CT molecular complexity index is 214. The molecule has 0 aromatic rings. The predicted molar refractivity (Wildman–Crippen MR) is 64.4 cm³/mol. The first kappa shape index (κ1) is 12.3. The van der Waals surface area contributed by atoms with Gasteiger partial charge in [-0.1, -0.05) is 6.92 Å². The van der Waals surface area contributed by atoms with Crippen molar-refractivity contribution in [3.8, 4) is 0 Å². The van der Waals surface area contributed by atoms with E-state index in [0.717, 1.165) is 31.9 Å². The fourth-order valence-corrected chi connectivity index (χ4v) is 2.74. The lowest BCUT2D eigenvalue weighted by atomic mass is 9.80. The Hall–Kier alpha value is -0.120. The normalized spacial score (nSPS) is 35.2. The van der Waals surface area contributed by atoms with E-state index in [1.807, 2.05) is 0 Å². The zero-order valence-electron chi connectivity index (χ0n) is 10.4. The van der Waals surface area contributed by atoms with Gasteiger partial charge in [-0.15, -0.1) is 0 Å². The molecule has 3 nitrogen and oxygen atoms in total. The second-order valence-corrected chi connectivity index (χ2v) is 5.46. The standard InChI is InChI=1S/C13H25NO2/c1-2-14-13(10-15)7-3-4-12(8-13)16-9-11-5-6-11/h11-12,14-15H,2-10H2,1H3. The third kappa shape index (κ3) is 3.19. The summed E-state index contributed by atoms with van der Waals surface area (Å²) in [5.41, 5.74) is -0.0682. The van der Waals surface area contributed by atoms with E-state index < -0.39 is 0 Å². The molecule has 2 unspecified atom stereocenters. The molecule has 0 saturated heterocycles. The maximum Gasteiger partial charge on any atom is 0.0614 e. The number of hydrogen-bond donors (Lipinski definition) is 2. The van der Waals surface area contributed by atoms with Gasteiger partial charge in [-0.3, -0.25) is 0 Å². The molecule has 0 aromatic heterocycles. The first-order valence-electron chi connectivity index (χ1n) is 6.75. The Kier molecular flexibility index (Phi) is 4.22. The molecule has 16 heavy (non-hydrogen) atoms. The van der Waals surface area contributed by atoms with Crippen molar-refractivity contribution in [3.63, 3.8) is 0 Å². The molecule has 2 saturated carbocycles. The Balaban J connectivity index is 1.80. The monoisotopic (exact) mass is 227 g/mol. The lowest BCUT2D eigenvalue weighted by Gasteiger charge is -2.40. The van der Waals surface area contributed by atoms with Crippen LogP contribution >= 0.6 is 0 Å². The van der Waals surface area contributed by atoms with Crippen molar-refractivity contribution in [1.82, 2.24) is 5.32 Å². The molecule has 0 bridgehead atoms. The highest BCUT2D eigenvalue weighted by atomic mass is 16.5. The second kappa shape index (κ2) is 5.48. The zero-order valence-corrected chi connectivity index (χ0v) is 10.4. The molecule has 2 aliphatic rings. The molecule has 0 radical (unpaired) electrons. The summed E-state index contributed by atoms with van der Waals surface area (Å²) in [6.07, 6.45) is 7.46. The van der Waals surface area contributed by atoms with Crippen molar-refractivity contribution >= 4 is 0 Å². The van der Waals surface area contributed by atoms with Crippen LogP contribution in [0.1, 0.15) is 45.4 Å². The van der Waals surface area contributed by atoms with Crippen LogP contribution in [0, 0.1) is 5.92 Å². The van der Waals surface area contributed by atoms with E-state index in [1.54, 1.807) is 0 Å². The molecule has 2 rings (SSSR count). The summed E-state index contributed by atoms with van der Waals surface area (Å²) < 4.78 is 5.96. The summed E-state index contributed by atoms with van der Waals surface area (Å²) >= 11 is 0. The maximum absolute atomic E-state index is 9.56. The van der Waals surface area contributed by atoms with Gasteiger partial charge in [0.1, 0.15) is 0 Å². The van der Waals surface area contributed by atoms with Crippen LogP contribution in [0.3, 0.4) is 0 Å². The quantitative estimate of drug-likeness (QED) is 0.725. The molecule has 2 N–H and O–H groups in total. The van der Waals surface area contributed by atoms with E-state index in [9.17, 15) is 5.11 Å². The maximum atomic E-state index is 9.56. The Morgan fingerprint density at radius 1 is 1.38 bits per heavy atom. The number of ether oxygens (including phenoxy) is 1. The summed E-state index contributed by atoms with van der Waals surface area (Å²) in [6.45, 7) is 4.21. The van der Waals surface area contributed by atoms with E-state index in [4.69, 9.17) is 4.74 Å². The smallest absolute Gasteiger partial charge is 0.0614 e. The highest BCUT2D eigenvalue weighted by Crippen LogP contribution is 2.33. The Morgan fingerprint density at radius 2 is 2.19 bits per heavy atom. The number of nitrogens with one attached hydrogen (secondary N) is 1. The minimum Gasteiger partial charge on any atom is -0.394 e. The van der Waals surface area contributed by atoms with Crippen molar-refractivity contribution in [1.29, 1.82) is 0 Å². The van der Waals surface area contributed by atoms with Gasteiger partial charge in [-0.25, -0.2) is 0 Å². The molecule has 0 aliphatic heterocycles. The molecule has 0 amide bonds. The molecule has 0 spiro atoms. The van der Waals surface area contributed by atoms with Gasteiger partial charge in [0.25, 0.3) is 0 Å². The largest absolute Gasteiger partial charge is 0.394 e. The van der Waals surface area contributed by atoms with Crippen LogP contribution in [0.2, 0.25) is 0 Å². The van der Waals surface area contributed by atoms with Gasteiger partial charge in [0.15, 0.2) is 0 Å². The number of rotatable bonds is 6. The molecule has 94 valence electrons. The zero-order chi connectivity index (χ0) is 11.4. The minimum absolute atomic E-state index is 0.0682. The number of likely N-dealkylation sites (N-methyl/N-ethyl adjacent to an activating group) is 1. The lowest BCUT2D eigenvalue weighted by Crippen LogP contribution is -2.53. The molecule has 2 fully saturated rings. The van der Waals surface area contributed by atoms with Gasteiger partial charge in [0.05, 0.1) is 12.7 Å². The topological polar surface area (TPSA) is 41.5 Å². The van der Waals surface area contributed by atoms with Crippen molar-refractivity contribution in [2.75, 3.05) is 19.8 Å². The van der Waals surface area contributed by atoms with Crippen LogP contribution in [0.15, 0.2) is 0 Å². The Labute approximate surface area is 98.6 Å². The number of hydrogen-bond acceptors (Lipinski definition) is 3. The van der Waals surface area contributed by atoms with Gasteiger partial charge < -0.3 is 15.2 Å². The lowest BCUT2D eigenvalue weighted by molar-refractivity contribution is -0.0192. The third-order valence-electron chi connectivity index (χ3n) is 3.92. The fourth-order valence-electron chi connectivity index (χ4n) is 2.74. The van der Waals surface area contributed by atoms with E-state index >= 15 is 0 Å². The van der Waals surface area contributed by atoms with Gasteiger partial charge in [0, 0.05) is 12.1 Å². The van der Waals surface area contributed by atoms with E-state index in [-0.39, 0.29) is 12.1 Å². The molecule has 3 heteroatoms. The average molecular weight is 227 g/mol. The summed E-state index contributed by atoms with van der Waals surface area (Å²) in [5, 5.41) is 13.0. The SMILES string of the molecule is CCNC1(CO)CCCC(OCC2CC2)C1. The van der Waals surface area contributed by atoms with Crippen LogP contribution in [-0.4, -0.2) is 36.5 Å². The first-order chi connectivity index (χ1) is 7.78. The molecule has 0 heterocycles. The summed E-state index contributed by atoms with van der Waals surface area (Å²) in [4.78, 5) is 0. The van der Waals surface area contributed by atoms with Crippen LogP contribution in [-0.2, 0) is 4.74 Å². The Morgan fingerprint density at radius 3 is 2.81 bits per heavy atom. The minimum atomic E-state index is -0.0682. The fraction of sp³-hybridized carbons (Fsp3) is 1.00. The molecule has 2 aliphatic carbocycles. The highest BCUT2D eigenvalue weighted by Gasteiger charge is 2.36. The van der Waals surface area contributed by atoms with Crippen molar-refractivity contribution in [2.45, 2.75) is 57.1 Å². The van der Waals surface area contributed by atoms with Crippen molar-refractivity contribution < 1.29 is 9.84 Å². The number of aliphatic hydroxyl groups is 1. The molecular weight excluding hydrogens is 202 g/mol. The first-order valence-corrected chi connectivity index (χ1v) is 6.75. The summed E-state index contributed by atoms with van der Waals surface area (Å²) in [6, 6.07) is 0. The molecular formula is C13H25NO2. The predicted octanol–water partition coefficient (Wildman–Crippen LogP) is 1.70. The number of aliphatic hydroxyl groups excluding tert-OH is 1. The van der Waals surface area contributed by atoms with Crippen LogP contribution in [0.25, 0.3) is 0 Å². The van der Waals surface area contributed by atoms with Gasteiger partial charge in [-0.05, 0) is 51.0 Å². The summed E-state index contributed by atoms with van der Waals surface area (Å²) in [7, 11) is 0. The molecule has 0 aromatic carbocycles. The van der Waals surface area contributed by atoms with E-state index in [2.05, 4.69) is 12.2 Å². The van der Waals surface area contributed by atoms with Crippen molar-refractivity contribution in [2.24, 2.45) is 5.92 Å². The van der Waals surface area contributed by atoms with Gasteiger partial charge >= 0.3 is 0 Å². The summed E-state index contributed by atoms with van der Waals surface area (Å²) in [5.74, 6) is 0.838. The second-order valence-electron chi connectivity index (χ2n) is 5.46. The van der Waals surface area contributed by atoms with E-state index in [0.29, 0.717) is 6.10 Å². The van der Waals surface area contributed by atoms with Crippen LogP contribution < -0.4 is 5.32 Å². The van der Waals surface area contributed by atoms with Gasteiger partial charge in [-0.2, -0.15) is 0 Å². The highest BCUT2D eigenvalue weighted by molar-refractivity contribution is 4.93. The van der Waals surface area contributed by atoms with Crippen molar-refractivity contribution in [3.05, 3.63) is 0 Å². The molecule has 2 atom stereocenters. The average Bonchev–Trinajstić information content (AvgIpc) is 3.11. The van der Waals surface area contributed by atoms with E-state index in [1.165, 1.54) is 25.7 Å². The van der Waals surface area contributed by atoms with Crippen LogP contribution in [0.4, 0.5) is 0 Å².